The van der Waals surface area contributed by atoms with Gasteiger partial charge >= 0.3 is 0 Å². The SMILES string of the molecule is CC(=O)N(C)N(Cc1nc2cc(Cl)ccc2n1C)C(=O)c1ccc2nc(N)c3cnn(C)c3c2c1. The first-order chi connectivity index (χ1) is 16.7. The fourth-order valence-corrected chi connectivity index (χ4v) is 4.39. The minimum Gasteiger partial charge on any atom is -0.383 e. The molecule has 0 saturated heterocycles. The highest BCUT2D eigenvalue weighted by Crippen LogP contribution is 2.29. The van der Waals surface area contributed by atoms with Gasteiger partial charge in [0.05, 0.1) is 33.6 Å². The van der Waals surface area contributed by atoms with E-state index in [0.29, 0.717) is 38.6 Å². The number of hydrogen-bond donors (Lipinski definition) is 1. The van der Waals surface area contributed by atoms with Crippen LogP contribution in [0.4, 0.5) is 5.82 Å². The molecule has 2 aromatic carbocycles. The van der Waals surface area contributed by atoms with Crippen LogP contribution in [0.3, 0.4) is 0 Å². The van der Waals surface area contributed by atoms with Crippen LogP contribution >= 0.6 is 11.6 Å². The van der Waals surface area contributed by atoms with Crippen LogP contribution in [0.1, 0.15) is 23.1 Å². The van der Waals surface area contributed by atoms with E-state index in [1.165, 1.54) is 16.9 Å². The van der Waals surface area contributed by atoms with Crippen molar-refractivity contribution in [2.75, 3.05) is 12.8 Å². The molecule has 3 aromatic heterocycles. The molecular formula is C24H23ClN8O2. The first kappa shape index (κ1) is 22.6. The zero-order valence-electron chi connectivity index (χ0n) is 19.7. The third-order valence-corrected chi connectivity index (χ3v) is 6.47. The molecule has 0 fully saturated rings. The van der Waals surface area contributed by atoms with Gasteiger partial charge in [0.2, 0.25) is 5.91 Å². The van der Waals surface area contributed by atoms with Gasteiger partial charge in [0, 0.05) is 44.0 Å². The van der Waals surface area contributed by atoms with Crippen LogP contribution in [0.15, 0.2) is 42.6 Å². The fraction of sp³-hybridized carbons (Fsp3) is 0.208. The molecule has 0 aliphatic heterocycles. The smallest absolute Gasteiger partial charge is 0.272 e. The molecule has 0 unspecified atom stereocenters. The number of pyridine rings is 1. The topological polar surface area (TPSA) is 115 Å². The minimum atomic E-state index is -0.359. The largest absolute Gasteiger partial charge is 0.383 e. The predicted octanol–water partition coefficient (Wildman–Crippen LogP) is 3.28. The first-order valence-electron chi connectivity index (χ1n) is 10.8. The summed E-state index contributed by atoms with van der Waals surface area (Å²) in [4.78, 5) is 35.1. The Labute approximate surface area is 205 Å². The maximum atomic E-state index is 13.8. The Hall–Kier alpha value is -4.18. The van der Waals surface area contributed by atoms with Gasteiger partial charge in [0.1, 0.15) is 18.2 Å². The van der Waals surface area contributed by atoms with Gasteiger partial charge in [0.25, 0.3) is 5.91 Å². The van der Waals surface area contributed by atoms with Crippen molar-refractivity contribution < 1.29 is 9.59 Å². The first-order valence-corrected chi connectivity index (χ1v) is 11.2. The summed E-state index contributed by atoms with van der Waals surface area (Å²) < 4.78 is 3.58. The number of aromatic nitrogens is 5. The Morgan fingerprint density at radius 3 is 2.57 bits per heavy atom. The second kappa shape index (κ2) is 8.24. The number of fused-ring (bicyclic) bond motifs is 4. The van der Waals surface area contributed by atoms with Gasteiger partial charge in [-0.1, -0.05) is 11.6 Å². The van der Waals surface area contributed by atoms with Crippen molar-refractivity contribution in [1.82, 2.24) is 34.3 Å². The van der Waals surface area contributed by atoms with E-state index in [1.807, 2.05) is 24.7 Å². The maximum Gasteiger partial charge on any atom is 0.272 e. The molecule has 0 aliphatic rings. The van der Waals surface area contributed by atoms with E-state index in [0.717, 1.165) is 16.4 Å². The number of imidazole rings is 1. The molecule has 0 saturated carbocycles. The Bertz CT molecular complexity index is 1650. The Kier molecular flexibility index (Phi) is 5.32. The number of hydrogen-bond acceptors (Lipinski definition) is 6. The average Bonchev–Trinajstić information content (AvgIpc) is 3.36. The van der Waals surface area contributed by atoms with Crippen LogP contribution in [-0.4, -0.2) is 53.2 Å². The predicted molar refractivity (Wildman–Crippen MR) is 134 cm³/mol. The minimum absolute atomic E-state index is 0.0802. The van der Waals surface area contributed by atoms with Crippen molar-refractivity contribution in [3.05, 3.63) is 59.0 Å². The second-order valence-electron chi connectivity index (χ2n) is 8.38. The lowest BCUT2D eigenvalue weighted by Gasteiger charge is -2.31. The third kappa shape index (κ3) is 3.71. The summed E-state index contributed by atoms with van der Waals surface area (Å²) in [5.74, 6) is 0.332. The Morgan fingerprint density at radius 1 is 1.06 bits per heavy atom. The summed E-state index contributed by atoms with van der Waals surface area (Å²) in [6.07, 6.45) is 1.65. The average molecular weight is 491 g/mol. The summed E-state index contributed by atoms with van der Waals surface area (Å²) in [6.45, 7) is 1.48. The zero-order chi connectivity index (χ0) is 25.0. The van der Waals surface area contributed by atoms with E-state index in [1.54, 1.807) is 48.3 Å². The number of halogens is 1. The van der Waals surface area contributed by atoms with E-state index in [2.05, 4.69) is 15.1 Å². The van der Waals surface area contributed by atoms with Crippen molar-refractivity contribution in [1.29, 1.82) is 0 Å². The van der Waals surface area contributed by atoms with Gasteiger partial charge in [-0.3, -0.25) is 19.3 Å². The standard InChI is InChI=1S/C24H23ClN8O2/c1-13(34)32(4)33(12-21-28-19-10-15(25)6-8-20(19)30(21)2)24(35)14-5-7-18-16(9-14)22-17(23(26)29-18)11-27-31(22)3/h5-11H,12H2,1-4H3,(H2,26,29). The van der Waals surface area contributed by atoms with E-state index in [4.69, 9.17) is 17.3 Å². The van der Waals surface area contributed by atoms with Gasteiger partial charge in [-0.2, -0.15) is 5.10 Å². The molecule has 2 N–H and O–H groups in total. The van der Waals surface area contributed by atoms with Crippen molar-refractivity contribution in [3.8, 4) is 0 Å². The summed E-state index contributed by atoms with van der Waals surface area (Å²) in [6, 6.07) is 10.6. The number of amides is 2. The van der Waals surface area contributed by atoms with E-state index in [9.17, 15) is 9.59 Å². The molecular weight excluding hydrogens is 468 g/mol. The van der Waals surface area contributed by atoms with E-state index >= 15 is 0 Å². The lowest BCUT2D eigenvalue weighted by atomic mass is 10.1. The molecule has 0 bridgehead atoms. The van der Waals surface area contributed by atoms with E-state index < -0.39 is 0 Å². The van der Waals surface area contributed by atoms with Crippen molar-refractivity contribution in [2.24, 2.45) is 14.1 Å². The summed E-state index contributed by atoms with van der Waals surface area (Å²) in [5, 5.41) is 8.97. The lowest BCUT2D eigenvalue weighted by molar-refractivity contribution is -0.140. The number of benzene rings is 2. The molecule has 5 rings (SSSR count). The second-order valence-corrected chi connectivity index (χ2v) is 8.82. The van der Waals surface area contributed by atoms with Crippen molar-refractivity contribution in [3.63, 3.8) is 0 Å². The van der Waals surface area contributed by atoms with Crippen LogP contribution in [0, 0.1) is 0 Å². The number of carbonyl (C=O) groups is 2. The van der Waals surface area contributed by atoms with Crippen molar-refractivity contribution >= 4 is 62.1 Å². The molecule has 35 heavy (non-hydrogen) atoms. The number of anilines is 1. The highest BCUT2D eigenvalue weighted by Gasteiger charge is 2.25. The summed E-state index contributed by atoms with van der Waals surface area (Å²) in [7, 11) is 5.23. The number of nitrogens with two attached hydrogens (primary N) is 1. The van der Waals surface area contributed by atoms with Gasteiger partial charge < -0.3 is 10.3 Å². The van der Waals surface area contributed by atoms with Crippen molar-refractivity contribution in [2.45, 2.75) is 13.5 Å². The zero-order valence-corrected chi connectivity index (χ0v) is 20.4. The fourth-order valence-electron chi connectivity index (χ4n) is 4.22. The Balaban J connectivity index is 1.60. The highest BCUT2D eigenvalue weighted by atomic mass is 35.5. The molecule has 178 valence electrons. The van der Waals surface area contributed by atoms with Gasteiger partial charge in [-0.25, -0.2) is 15.0 Å². The number of nitrogens with zero attached hydrogens (tertiary/aromatic N) is 7. The molecule has 10 nitrogen and oxygen atoms in total. The molecule has 0 atom stereocenters. The normalized spacial score (nSPS) is 11.5. The number of rotatable bonds is 3. The summed E-state index contributed by atoms with van der Waals surface area (Å²) in [5.41, 5.74) is 9.49. The van der Waals surface area contributed by atoms with E-state index in [-0.39, 0.29) is 18.4 Å². The molecule has 11 heteroatoms. The van der Waals surface area contributed by atoms with Crippen LogP contribution in [-0.2, 0) is 25.4 Å². The molecule has 0 radical (unpaired) electrons. The summed E-state index contributed by atoms with van der Waals surface area (Å²) >= 11 is 6.12. The van der Waals surface area contributed by atoms with Gasteiger partial charge in [0.15, 0.2) is 0 Å². The number of hydrazine groups is 1. The van der Waals surface area contributed by atoms with Crippen LogP contribution in [0.25, 0.3) is 32.8 Å². The van der Waals surface area contributed by atoms with Gasteiger partial charge in [-0.15, -0.1) is 0 Å². The highest BCUT2D eigenvalue weighted by molar-refractivity contribution is 6.31. The number of carbonyl (C=O) groups excluding carboxylic acids is 2. The monoisotopic (exact) mass is 490 g/mol. The molecule has 5 aromatic rings. The Morgan fingerprint density at radius 2 is 1.83 bits per heavy atom. The number of aryl methyl sites for hydroxylation is 2. The molecule has 0 spiro atoms. The third-order valence-electron chi connectivity index (χ3n) is 6.23. The molecule has 3 heterocycles. The molecule has 2 amide bonds. The lowest BCUT2D eigenvalue weighted by Crippen LogP contribution is -2.46. The van der Waals surface area contributed by atoms with Crippen LogP contribution in [0.2, 0.25) is 5.02 Å². The van der Waals surface area contributed by atoms with Crippen LogP contribution < -0.4 is 5.73 Å². The quantitative estimate of drug-likeness (QED) is 0.388. The molecule has 0 aliphatic carbocycles. The van der Waals surface area contributed by atoms with Crippen LogP contribution in [0.5, 0.6) is 0 Å². The number of nitrogen functional groups attached to an aromatic ring is 1. The van der Waals surface area contributed by atoms with Gasteiger partial charge in [-0.05, 0) is 36.4 Å². The maximum absolute atomic E-state index is 13.8.